The number of aliphatic carboxylic acids is 1. The van der Waals surface area contributed by atoms with E-state index in [1.54, 1.807) is 36.4 Å². The predicted molar refractivity (Wildman–Crippen MR) is 117 cm³/mol. The van der Waals surface area contributed by atoms with Gasteiger partial charge in [-0.1, -0.05) is 31.2 Å². The van der Waals surface area contributed by atoms with Crippen molar-refractivity contribution in [3.63, 3.8) is 0 Å². The van der Waals surface area contributed by atoms with E-state index in [1.165, 1.54) is 0 Å². The van der Waals surface area contributed by atoms with Crippen molar-refractivity contribution >= 4 is 22.2 Å². The Morgan fingerprint density at radius 1 is 1.10 bits per heavy atom. The standard InChI is InChI=1S/C22H27NO7S/c1-3-12-29-23-19(16-22(24)25)14-18-7-9-20(10-8-18)28-13-11-17-5-4-6-21(15-17)30-31(2,26)27/h4-10,14-15,23H,3,11-13,16H2,1-2H3,(H,24,25). The Labute approximate surface area is 182 Å². The number of rotatable bonds is 13. The maximum Gasteiger partial charge on any atom is 0.309 e. The number of nitrogens with one attached hydrogen (secondary N) is 1. The van der Waals surface area contributed by atoms with Crippen LogP contribution in [0.15, 0.2) is 54.2 Å². The molecule has 31 heavy (non-hydrogen) atoms. The van der Waals surface area contributed by atoms with Gasteiger partial charge in [0.15, 0.2) is 0 Å². The van der Waals surface area contributed by atoms with Crippen LogP contribution < -0.4 is 14.4 Å². The van der Waals surface area contributed by atoms with Crippen LogP contribution >= 0.6 is 0 Å². The number of carboxylic acids is 1. The molecule has 0 saturated heterocycles. The SMILES string of the molecule is CCCONC(=Cc1ccc(OCCc2cccc(OS(C)(=O)=O)c2)cc1)CC(=O)O. The molecule has 8 nitrogen and oxygen atoms in total. The van der Waals surface area contributed by atoms with Crippen LogP contribution in [0.4, 0.5) is 0 Å². The molecule has 0 bridgehead atoms. The van der Waals surface area contributed by atoms with Crippen molar-refractivity contribution in [3.8, 4) is 11.5 Å². The van der Waals surface area contributed by atoms with Gasteiger partial charge < -0.3 is 14.0 Å². The first-order valence-electron chi connectivity index (χ1n) is 9.76. The average Bonchev–Trinajstić information content (AvgIpc) is 2.68. The molecule has 0 spiro atoms. The molecule has 0 amide bonds. The summed E-state index contributed by atoms with van der Waals surface area (Å²) in [6.07, 6.45) is 3.92. The van der Waals surface area contributed by atoms with Gasteiger partial charge in [0.25, 0.3) is 0 Å². The van der Waals surface area contributed by atoms with Crippen molar-refractivity contribution in [2.24, 2.45) is 0 Å². The van der Waals surface area contributed by atoms with Gasteiger partial charge in [-0.2, -0.15) is 8.42 Å². The Balaban J connectivity index is 1.91. The van der Waals surface area contributed by atoms with Crippen molar-refractivity contribution in [3.05, 3.63) is 65.4 Å². The molecule has 9 heteroatoms. The molecule has 0 saturated carbocycles. The second-order valence-electron chi connectivity index (χ2n) is 6.79. The topological polar surface area (TPSA) is 111 Å². The Hall–Kier alpha value is -3.04. The van der Waals surface area contributed by atoms with Crippen LogP contribution in [-0.2, 0) is 26.2 Å². The van der Waals surface area contributed by atoms with E-state index in [-0.39, 0.29) is 12.2 Å². The molecule has 2 rings (SSSR count). The second kappa shape index (κ2) is 12.0. The number of benzene rings is 2. The third-order valence-electron chi connectivity index (χ3n) is 3.88. The lowest BCUT2D eigenvalue weighted by atomic mass is 10.1. The lowest BCUT2D eigenvalue weighted by molar-refractivity contribution is -0.136. The van der Waals surface area contributed by atoms with E-state index in [9.17, 15) is 13.2 Å². The summed E-state index contributed by atoms with van der Waals surface area (Å²) < 4.78 is 33.1. The van der Waals surface area contributed by atoms with E-state index in [0.29, 0.717) is 31.1 Å². The van der Waals surface area contributed by atoms with Gasteiger partial charge in [-0.15, -0.1) is 0 Å². The van der Waals surface area contributed by atoms with Crippen LogP contribution in [0.5, 0.6) is 11.5 Å². The van der Waals surface area contributed by atoms with Gasteiger partial charge in [0, 0.05) is 12.1 Å². The summed E-state index contributed by atoms with van der Waals surface area (Å²) in [6, 6.07) is 14.1. The highest BCUT2D eigenvalue weighted by molar-refractivity contribution is 7.86. The second-order valence-corrected chi connectivity index (χ2v) is 8.37. The predicted octanol–water partition coefficient (Wildman–Crippen LogP) is 3.39. The molecule has 0 fully saturated rings. The molecule has 2 aromatic carbocycles. The molecule has 2 N–H and O–H groups in total. The van der Waals surface area contributed by atoms with Crippen molar-refractivity contribution in [1.82, 2.24) is 5.48 Å². The summed E-state index contributed by atoms with van der Waals surface area (Å²) in [5.41, 5.74) is 4.83. The molecular formula is C22H27NO7S. The molecule has 0 unspecified atom stereocenters. The van der Waals surface area contributed by atoms with Crippen LogP contribution in [0.1, 0.15) is 30.9 Å². The lowest BCUT2D eigenvalue weighted by Crippen LogP contribution is -2.17. The Bertz CT molecular complexity index is 985. The molecule has 0 atom stereocenters. The van der Waals surface area contributed by atoms with Crippen LogP contribution in [0.3, 0.4) is 0 Å². The van der Waals surface area contributed by atoms with E-state index in [0.717, 1.165) is 23.8 Å². The fourth-order valence-electron chi connectivity index (χ4n) is 2.60. The quantitative estimate of drug-likeness (QED) is 0.272. The molecule has 2 aromatic rings. The fourth-order valence-corrected chi connectivity index (χ4v) is 3.05. The summed E-state index contributed by atoms with van der Waals surface area (Å²) in [4.78, 5) is 16.2. The summed E-state index contributed by atoms with van der Waals surface area (Å²) >= 11 is 0. The highest BCUT2D eigenvalue weighted by Crippen LogP contribution is 2.18. The first-order valence-corrected chi connectivity index (χ1v) is 11.6. The summed E-state index contributed by atoms with van der Waals surface area (Å²) in [5.74, 6) is -0.0229. The largest absolute Gasteiger partial charge is 0.493 e. The molecule has 0 aliphatic carbocycles. The minimum atomic E-state index is -3.56. The molecule has 0 heterocycles. The normalized spacial score (nSPS) is 11.7. The zero-order valence-electron chi connectivity index (χ0n) is 17.5. The maximum absolute atomic E-state index is 11.2. The number of hydrogen-bond acceptors (Lipinski definition) is 7. The first kappa shape index (κ1) is 24.2. The summed E-state index contributed by atoms with van der Waals surface area (Å²) in [6.45, 7) is 2.84. The maximum atomic E-state index is 11.2. The summed E-state index contributed by atoms with van der Waals surface area (Å²) in [5, 5.41) is 9.03. The van der Waals surface area contributed by atoms with Crippen molar-refractivity contribution < 1.29 is 32.1 Å². The molecule has 0 radical (unpaired) electrons. The number of hydrogen-bond donors (Lipinski definition) is 2. The van der Waals surface area contributed by atoms with E-state index < -0.39 is 16.1 Å². The van der Waals surface area contributed by atoms with Gasteiger partial charge in [-0.3, -0.25) is 15.1 Å². The molecule has 0 aromatic heterocycles. The van der Waals surface area contributed by atoms with Crippen LogP contribution in [0.2, 0.25) is 0 Å². The number of hydroxylamine groups is 1. The molecule has 0 aliphatic rings. The average molecular weight is 450 g/mol. The minimum absolute atomic E-state index is 0.177. The zero-order chi connectivity index (χ0) is 22.7. The van der Waals surface area contributed by atoms with Crippen LogP contribution in [-0.4, -0.2) is 39.0 Å². The molecule has 168 valence electrons. The van der Waals surface area contributed by atoms with Crippen molar-refractivity contribution in [2.45, 2.75) is 26.2 Å². The lowest BCUT2D eigenvalue weighted by Gasteiger charge is -2.10. The van der Waals surface area contributed by atoms with Gasteiger partial charge in [-0.25, -0.2) is 0 Å². The van der Waals surface area contributed by atoms with Gasteiger partial charge in [0.2, 0.25) is 0 Å². The van der Waals surface area contributed by atoms with Crippen molar-refractivity contribution in [1.29, 1.82) is 0 Å². The highest BCUT2D eigenvalue weighted by atomic mass is 32.2. The highest BCUT2D eigenvalue weighted by Gasteiger charge is 2.06. The van der Waals surface area contributed by atoms with Crippen LogP contribution in [0.25, 0.3) is 6.08 Å². The van der Waals surface area contributed by atoms with E-state index in [1.807, 2.05) is 25.1 Å². The molecular weight excluding hydrogens is 422 g/mol. The first-order chi connectivity index (χ1) is 14.7. The van der Waals surface area contributed by atoms with Gasteiger partial charge in [0.05, 0.1) is 25.9 Å². The smallest absolute Gasteiger partial charge is 0.309 e. The van der Waals surface area contributed by atoms with E-state index >= 15 is 0 Å². The van der Waals surface area contributed by atoms with E-state index in [4.69, 9.17) is 18.9 Å². The number of carbonyl (C=O) groups is 1. The Kier molecular flexibility index (Phi) is 9.36. The van der Waals surface area contributed by atoms with Gasteiger partial charge in [-0.05, 0) is 47.9 Å². The minimum Gasteiger partial charge on any atom is -0.493 e. The Morgan fingerprint density at radius 2 is 1.84 bits per heavy atom. The monoisotopic (exact) mass is 449 g/mol. The third-order valence-corrected chi connectivity index (χ3v) is 4.37. The van der Waals surface area contributed by atoms with Crippen LogP contribution in [0, 0.1) is 0 Å². The van der Waals surface area contributed by atoms with Gasteiger partial charge in [0.1, 0.15) is 11.5 Å². The fraction of sp³-hybridized carbons (Fsp3) is 0.318. The summed E-state index contributed by atoms with van der Waals surface area (Å²) in [7, 11) is -3.56. The number of carboxylic acid groups (broad SMARTS) is 1. The molecule has 0 aliphatic heterocycles. The Morgan fingerprint density at radius 3 is 2.48 bits per heavy atom. The zero-order valence-corrected chi connectivity index (χ0v) is 18.4. The van der Waals surface area contributed by atoms with E-state index in [2.05, 4.69) is 5.48 Å². The van der Waals surface area contributed by atoms with Gasteiger partial charge >= 0.3 is 16.1 Å². The van der Waals surface area contributed by atoms with Crippen molar-refractivity contribution in [2.75, 3.05) is 19.5 Å². The number of ether oxygens (including phenoxy) is 1. The third kappa shape index (κ3) is 10.0.